The Bertz CT molecular complexity index is 1490. The van der Waals surface area contributed by atoms with Crippen LogP contribution in [0.15, 0.2) is 59.5 Å². The minimum atomic E-state index is -1.08. The number of carbonyl (C=O) groups excluding carboxylic acids is 1. The van der Waals surface area contributed by atoms with Crippen LogP contribution in [0.25, 0.3) is 11.1 Å². The van der Waals surface area contributed by atoms with Crippen LogP contribution in [0.2, 0.25) is 5.02 Å². The molecule has 9 nitrogen and oxygen atoms in total. The topological polar surface area (TPSA) is 131 Å². The lowest BCUT2D eigenvalue weighted by atomic mass is 9.82. The number of aromatic carboxylic acids is 1. The molecule has 1 amide bonds. The van der Waals surface area contributed by atoms with Gasteiger partial charge in [-0.05, 0) is 68.7 Å². The number of nitrogens with zero attached hydrogens (tertiary/aromatic N) is 2. The number of aromatic nitrogens is 1. The molecule has 10 heteroatoms. The van der Waals surface area contributed by atoms with Gasteiger partial charge >= 0.3 is 5.97 Å². The van der Waals surface area contributed by atoms with E-state index in [2.05, 4.69) is 11.4 Å². The highest BCUT2D eigenvalue weighted by atomic mass is 35.5. The van der Waals surface area contributed by atoms with Gasteiger partial charge in [0, 0.05) is 40.9 Å². The molecule has 1 heterocycles. The van der Waals surface area contributed by atoms with Crippen LogP contribution >= 0.6 is 11.6 Å². The van der Waals surface area contributed by atoms with Gasteiger partial charge in [-0.15, -0.1) is 0 Å². The first kappa shape index (κ1) is 27.9. The van der Waals surface area contributed by atoms with E-state index in [4.69, 9.17) is 26.2 Å². The van der Waals surface area contributed by atoms with Gasteiger partial charge in [0.1, 0.15) is 11.8 Å². The van der Waals surface area contributed by atoms with Crippen LogP contribution in [0.1, 0.15) is 54.6 Å². The van der Waals surface area contributed by atoms with Crippen LogP contribution < -0.4 is 15.6 Å². The summed E-state index contributed by atoms with van der Waals surface area (Å²) in [5.41, 5.74) is 0.880. The van der Waals surface area contributed by atoms with Crippen molar-refractivity contribution in [1.82, 2.24) is 4.57 Å². The Kier molecular flexibility index (Phi) is 8.38. The van der Waals surface area contributed by atoms with Crippen LogP contribution in [0.5, 0.6) is 5.75 Å². The third-order valence-corrected chi connectivity index (χ3v) is 7.18. The van der Waals surface area contributed by atoms with Crippen LogP contribution in [0, 0.1) is 11.3 Å². The van der Waals surface area contributed by atoms with E-state index in [1.54, 1.807) is 18.2 Å². The predicted octanol–water partition coefficient (Wildman–Crippen LogP) is 5.28. The Morgan fingerprint density at radius 2 is 1.90 bits per heavy atom. The van der Waals surface area contributed by atoms with E-state index in [0.29, 0.717) is 27.4 Å². The van der Waals surface area contributed by atoms with Crippen molar-refractivity contribution in [2.24, 2.45) is 0 Å². The quantitative estimate of drug-likeness (QED) is 0.352. The third-order valence-electron chi connectivity index (χ3n) is 6.95. The zero-order valence-electron chi connectivity index (χ0n) is 21.6. The Labute approximate surface area is 230 Å². The maximum absolute atomic E-state index is 13.5. The molecule has 2 aromatic carbocycles. The zero-order chi connectivity index (χ0) is 28.2. The molecule has 1 aliphatic carbocycles. The average Bonchev–Trinajstić information content (AvgIpc) is 2.90. The number of methoxy groups -OCH3 is 1. The van der Waals surface area contributed by atoms with Gasteiger partial charge in [-0.3, -0.25) is 14.2 Å². The minimum absolute atomic E-state index is 0.0842. The lowest BCUT2D eigenvalue weighted by Gasteiger charge is -2.38. The number of amides is 1. The molecule has 2 N–H and O–H groups in total. The molecule has 1 fully saturated rings. The van der Waals surface area contributed by atoms with Crippen molar-refractivity contribution in [2.45, 2.75) is 44.2 Å². The third kappa shape index (κ3) is 6.30. The number of rotatable bonds is 10. The van der Waals surface area contributed by atoms with Crippen molar-refractivity contribution >= 4 is 29.2 Å². The smallest absolute Gasteiger partial charge is 0.335 e. The molecule has 0 unspecified atom stereocenters. The Morgan fingerprint density at radius 1 is 1.18 bits per heavy atom. The van der Waals surface area contributed by atoms with Crippen molar-refractivity contribution in [1.29, 1.82) is 5.26 Å². The molecule has 1 aliphatic rings. The molecular formula is C29H28ClN3O6. The molecule has 0 aliphatic heterocycles. The largest absolute Gasteiger partial charge is 0.495 e. The van der Waals surface area contributed by atoms with E-state index in [1.807, 2.05) is 6.92 Å². The Balaban J connectivity index is 1.69. The Morgan fingerprint density at radius 3 is 2.49 bits per heavy atom. The summed E-state index contributed by atoms with van der Waals surface area (Å²) in [4.78, 5) is 38.1. The summed E-state index contributed by atoms with van der Waals surface area (Å²) in [7, 11) is 1.43. The van der Waals surface area contributed by atoms with E-state index in [-0.39, 0.29) is 29.9 Å². The normalized spacial score (nSPS) is 14.5. The second-order valence-corrected chi connectivity index (χ2v) is 10.1. The number of carboxylic acids is 1. The first-order valence-corrected chi connectivity index (χ1v) is 12.8. The standard InChI is InChI=1S/C29H28ClN3O6/c1-29(11-3-12-29)39-13-10-24(27(35)32-21-8-5-18(6-9-21)28(36)37)33-17-25(38-2)23(15-26(33)34)22-14-20(30)7-4-19(22)16-31/h4-9,14-15,17,24H,3,10-13H2,1-2H3,(H,32,35)(H,36,37)/t24-/m0/s1. The number of nitrogens with one attached hydrogen (secondary N) is 1. The molecule has 4 rings (SSSR count). The zero-order valence-corrected chi connectivity index (χ0v) is 22.3. The van der Waals surface area contributed by atoms with Crippen molar-refractivity contribution in [3.05, 3.63) is 81.2 Å². The second-order valence-electron chi connectivity index (χ2n) is 9.63. The lowest BCUT2D eigenvalue weighted by molar-refractivity contribution is -0.122. The van der Waals surface area contributed by atoms with E-state index in [9.17, 15) is 19.6 Å². The van der Waals surface area contributed by atoms with Gasteiger partial charge in [-0.25, -0.2) is 4.79 Å². The fourth-order valence-electron chi connectivity index (χ4n) is 4.54. The van der Waals surface area contributed by atoms with Gasteiger partial charge in [-0.2, -0.15) is 5.26 Å². The van der Waals surface area contributed by atoms with Crippen molar-refractivity contribution < 1.29 is 24.2 Å². The first-order chi connectivity index (χ1) is 18.6. The molecule has 0 saturated heterocycles. The van der Waals surface area contributed by atoms with Gasteiger partial charge in [0.2, 0.25) is 5.91 Å². The summed E-state index contributed by atoms with van der Waals surface area (Å²) in [6.45, 7) is 2.27. The molecule has 0 bridgehead atoms. The van der Waals surface area contributed by atoms with Crippen molar-refractivity contribution in [3.8, 4) is 22.9 Å². The summed E-state index contributed by atoms with van der Waals surface area (Å²) < 4.78 is 12.9. The van der Waals surface area contributed by atoms with Gasteiger partial charge < -0.3 is 19.9 Å². The van der Waals surface area contributed by atoms with E-state index >= 15 is 0 Å². The number of benzene rings is 2. The number of pyridine rings is 1. The first-order valence-electron chi connectivity index (χ1n) is 12.4. The molecule has 3 aromatic rings. The van der Waals surface area contributed by atoms with Gasteiger partial charge in [0.25, 0.3) is 5.56 Å². The summed E-state index contributed by atoms with van der Waals surface area (Å²) in [5.74, 6) is -1.27. The Hall–Kier alpha value is -4.13. The number of halogens is 1. The van der Waals surface area contributed by atoms with E-state index in [0.717, 1.165) is 19.3 Å². The average molecular weight is 550 g/mol. The predicted molar refractivity (Wildman–Crippen MR) is 146 cm³/mol. The molecule has 0 radical (unpaired) electrons. The number of nitriles is 1. The molecule has 1 atom stereocenters. The van der Waals surface area contributed by atoms with Crippen LogP contribution in [0.4, 0.5) is 5.69 Å². The summed E-state index contributed by atoms with van der Waals surface area (Å²) in [6.07, 6.45) is 4.60. The number of carboxylic acid groups (broad SMARTS) is 1. The number of hydrogen-bond donors (Lipinski definition) is 2. The SMILES string of the molecule is COc1cn([C@@H](CCOC2(C)CCC2)C(=O)Nc2ccc(C(=O)O)cc2)c(=O)cc1-c1cc(Cl)ccc1C#N. The van der Waals surface area contributed by atoms with Gasteiger partial charge in [0.05, 0.1) is 36.1 Å². The second kappa shape index (κ2) is 11.7. The maximum Gasteiger partial charge on any atom is 0.335 e. The maximum atomic E-state index is 13.5. The molecule has 39 heavy (non-hydrogen) atoms. The number of anilines is 1. The fraction of sp³-hybridized carbons (Fsp3) is 0.310. The number of hydrogen-bond acceptors (Lipinski definition) is 6. The highest BCUT2D eigenvalue weighted by molar-refractivity contribution is 6.31. The van der Waals surface area contributed by atoms with Crippen LogP contribution in [-0.4, -0.2) is 40.9 Å². The van der Waals surface area contributed by atoms with Crippen LogP contribution in [0.3, 0.4) is 0 Å². The highest BCUT2D eigenvalue weighted by Gasteiger charge is 2.33. The van der Waals surface area contributed by atoms with Crippen molar-refractivity contribution in [3.63, 3.8) is 0 Å². The van der Waals surface area contributed by atoms with Gasteiger partial charge in [0.15, 0.2) is 0 Å². The highest BCUT2D eigenvalue weighted by Crippen LogP contribution is 2.36. The summed E-state index contributed by atoms with van der Waals surface area (Å²) >= 11 is 6.16. The molecule has 202 valence electrons. The van der Waals surface area contributed by atoms with Gasteiger partial charge in [-0.1, -0.05) is 11.6 Å². The minimum Gasteiger partial charge on any atom is -0.495 e. The van der Waals surface area contributed by atoms with Crippen molar-refractivity contribution in [2.75, 3.05) is 19.0 Å². The monoisotopic (exact) mass is 549 g/mol. The number of ether oxygens (including phenoxy) is 2. The summed E-state index contributed by atoms with van der Waals surface area (Å²) in [6, 6.07) is 12.9. The fourth-order valence-corrected chi connectivity index (χ4v) is 4.71. The molecular weight excluding hydrogens is 522 g/mol. The lowest BCUT2D eigenvalue weighted by Crippen LogP contribution is -2.38. The number of carbonyl (C=O) groups is 2. The molecule has 1 saturated carbocycles. The van der Waals surface area contributed by atoms with Crippen LogP contribution in [-0.2, 0) is 9.53 Å². The molecule has 1 aromatic heterocycles. The van der Waals surface area contributed by atoms with E-state index in [1.165, 1.54) is 48.2 Å². The summed E-state index contributed by atoms with van der Waals surface area (Å²) in [5, 5.41) is 21.9. The molecule has 0 spiro atoms. The van der Waals surface area contributed by atoms with E-state index < -0.39 is 23.5 Å².